The van der Waals surface area contributed by atoms with Gasteiger partial charge in [-0.1, -0.05) is 6.92 Å². The summed E-state index contributed by atoms with van der Waals surface area (Å²) in [4.78, 5) is 11.4. The second kappa shape index (κ2) is 7.14. The van der Waals surface area contributed by atoms with E-state index in [1.807, 2.05) is 6.92 Å². The Bertz CT molecular complexity index is 432. The molecule has 0 fully saturated rings. The minimum absolute atomic E-state index is 0.270. The van der Waals surface area contributed by atoms with E-state index in [-0.39, 0.29) is 5.69 Å². The number of benzene rings is 1. The molecule has 0 aliphatic rings. The van der Waals surface area contributed by atoms with Gasteiger partial charge in [0.2, 0.25) is 0 Å². The largest absolute Gasteiger partial charge is 0.416 e. The number of carbonyl (C=O) groups excluding carboxylic acids is 1. The number of hydrogen-bond acceptors (Lipinski definition) is 2. The third-order valence-corrected chi connectivity index (χ3v) is 2.70. The van der Waals surface area contributed by atoms with Crippen LogP contribution in [0.15, 0.2) is 24.3 Å². The number of rotatable bonds is 5. The maximum Gasteiger partial charge on any atom is 0.416 e. The van der Waals surface area contributed by atoms with Crippen molar-refractivity contribution in [1.29, 1.82) is 0 Å². The van der Waals surface area contributed by atoms with E-state index in [9.17, 15) is 23.1 Å². The van der Waals surface area contributed by atoms with Crippen molar-refractivity contribution < 1.29 is 23.1 Å². The van der Waals surface area contributed by atoms with Gasteiger partial charge in [0.05, 0.1) is 11.7 Å². The van der Waals surface area contributed by atoms with Gasteiger partial charge in [0.25, 0.3) is 0 Å². The SMILES string of the molecule is CCC(O)CCNC(=O)Nc1ccc(C(F)(F)F)cc1. The van der Waals surface area contributed by atoms with Crippen LogP contribution in [-0.4, -0.2) is 23.8 Å². The molecule has 3 N–H and O–H groups in total. The number of alkyl halides is 3. The predicted octanol–water partition coefficient (Wildman–Crippen LogP) is 2.99. The fourth-order valence-corrected chi connectivity index (χ4v) is 1.47. The molecule has 0 aliphatic carbocycles. The van der Waals surface area contributed by atoms with Crippen molar-refractivity contribution >= 4 is 11.7 Å². The lowest BCUT2D eigenvalue weighted by Gasteiger charge is -2.11. The van der Waals surface area contributed by atoms with Crippen LogP contribution in [0.1, 0.15) is 25.3 Å². The topological polar surface area (TPSA) is 61.4 Å². The molecule has 0 saturated carbocycles. The molecule has 1 atom stereocenters. The predicted molar refractivity (Wildman–Crippen MR) is 69.4 cm³/mol. The van der Waals surface area contributed by atoms with Crippen LogP contribution in [0.2, 0.25) is 0 Å². The van der Waals surface area contributed by atoms with E-state index in [0.29, 0.717) is 19.4 Å². The van der Waals surface area contributed by atoms with Crippen molar-refractivity contribution in [2.45, 2.75) is 32.0 Å². The number of aliphatic hydroxyl groups excluding tert-OH is 1. The molecule has 0 heterocycles. The number of nitrogens with one attached hydrogen (secondary N) is 2. The van der Waals surface area contributed by atoms with E-state index in [1.165, 1.54) is 12.1 Å². The molecule has 1 rings (SSSR count). The maximum absolute atomic E-state index is 12.3. The summed E-state index contributed by atoms with van der Waals surface area (Å²) in [6.45, 7) is 2.12. The maximum atomic E-state index is 12.3. The van der Waals surface area contributed by atoms with Gasteiger partial charge in [-0.25, -0.2) is 4.79 Å². The quantitative estimate of drug-likeness (QED) is 0.780. The highest BCUT2D eigenvalue weighted by Gasteiger charge is 2.29. The van der Waals surface area contributed by atoms with E-state index in [2.05, 4.69) is 10.6 Å². The molecule has 20 heavy (non-hydrogen) atoms. The van der Waals surface area contributed by atoms with Crippen LogP contribution >= 0.6 is 0 Å². The Labute approximate surface area is 115 Å². The molecule has 1 aromatic carbocycles. The lowest BCUT2D eigenvalue weighted by molar-refractivity contribution is -0.137. The number of carbonyl (C=O) groups is 1. The second-order valence-corrected chi connectivity index (χ2v) is 4.31. The Kier molecular flexibility index (Phi) is 5.82. The van der Waals surface area contributed by atoms with Crippen LogP contribution in [0.4, 0.5) is 23.7 Å². The number of anilines is 1. The average Bonchev–Trinajstić information content (AvgIpc) is 2.38. The molecule has 0 radical (unpaired) electrons. The summed E-state index contributed by atoms with van der Waals surface area (Å²) >= 11 is 0. The Morgan fingerprint density at radius 1 is 1.30 bits per heavy atom. The summed E-state index contributed by atoms with van der Waals surface area (Å²) in [6.07, 6.45) is -3.84. The zero-order chi connectivity index (χ0) is 15.2. The molecule has 7 heteroatoms. The number of amides is 2. The van der Waals surface area contributed by atoms with Crippen molar-refractivity contribution in [1.82, 2.24) is 5.32 Å². The van der Waals surface area contributed by atoms with Crippen LogP contribution in [0.5, 0.6) is 0 Å². The molecule has 0 saturated heterocycles. The van der Waals surface area contributed by atoms with Crippen LogP contribution < -0.4 is 10.6 Å². The van der Waals surface area contributed by atoms with Crippen LogP contribution in [-0.2, 0) is 6.18 Å². The first-order valence-electron chi connectivity index (χ1n) is 6.23. The molecule has 1 unspecified atom stereocenters. The lowest BCUT2D eigenvalue weighted by atomic mass is 10.2. The Morgan fingerprint density at radius 3 is 2.40 bits per heavy atom. The van der Waals surface area contributed by atoms with Gasteiger partial charge < -0.3 is 15.7 Å². The monoisotopic (exact) mass is 290 g/mol. The Balaban J connectivity index is 2.43. The molecule has 0 aromatic heterocycles. The molecule has 1 aromatic rings. The van der Waals surface area contributed by atoms with Crippen LogP contribution in [0, 0.1) is 0 Å². The first-order valence-corrected chi connectivity index (χ1v) is 6.23. The molecule has 0 bridgehead atoms. The Morgan fingerprint density at radius 2 is 1.90 bits per heavy atom. The normalized spacial score (nSPS) is 12.8. The summed E-state index contributed by atoms with van der Waals surface area (Å²) in [5.41, 5.74) is -0.499. The first-order chi connectivity index (χ1) is 9.32. The molecule has 0 aliphatic heterocycles. The van der Waals surface area contributed by atoms with E-state index < -0.39 is 23.9 Å². The van der Waals surface area contributed by atoms with Gasteiger partial charge in [0.1, 0.15) is 0 Å². The van der Waals surface area contributed by atoms with Gasteiger partial charge in [-0.3, -0.25) is 0 Å². The highest BCUT2D eigenvalue weighted by Crippen LogP contribution is 2.29. The third-order valence-electron chi connectivity index (χ3n) is 2.70. The fourth-order valence-electron chi connectivity index (χ4n) is 1.47. The van der Waals surface area contributed by atoms with E-state index in [1.54, 1.807) is 0 Å². The zero-order valence-electron chi connectivity index (χ0n) is 11.0. The van der Waals surface area contributed by atoms with Crippen LogP contribution in [0.3, 0.4) is 0 Å². The van der Waals surface area contributed by atoms with Gasteiger partial charge >= 0.3 is 12.2 Å². The highest BCUT2D eigenvalue weighted by molar-refractivity contribution is 5.89. The van der Waals surface area contributed by atoms with Crippen molar-refractivity contribution in [3.8, 4) is 0 Å². The van der Waals surface area contributed by atoms with Crippen molar-refractivity contribution in [3.05, 3.63) is 29.8 Å². The smallest absolute Gasteiger partial charge is 0.393 e. The van der Waals surface area contributed by atoms with Crippen molar-refractivity contribution in [3.63, 3.8) is 0 Å². The number of aliphatic hydroxyl groups is 1. The van der Waals surface area contributed by atoms with Gasteiger partial charge in [0, 0.05) is 12.2 Å². The van der Waals surface area contributed by atoms with Gasteiger partial charge in [0.15, 0.2) is 0 Å². The third kappa shape index (κ3) is 5.48. The average molecular weight is 290 g/mol. The Hall–Kier alpha value is -1.76. The molecular formula is C13H17F3N2O2. The summed E-state index contributed by atoms with van der Waals surface area (Å²) in [7, 11) is 0. The molecular weight excluding hydrogens is 273 g/mol. The minimum Gasteiger partial charge on any atom is -0.393 e. The van der Waals surface area contributed by atoms with Crippen molar-refractivity contribution in [2.24, 2.45) is 0 Å². The second-order valence-electron chi connectivity index (χ2n) is 4.31. The number of hydrogen-bond donors (Lipinski definition) is 3. The number of urea groups is 1. The van der Waals surface area contributed by atoms with E-state index in [4.69, 9.17) is 0 Å². The first kappa shape index (κ1) is 16.3. The van der Waals surface area contributed by atoms with Gasteiger partial charge in [-0.2, -0.15) is 13.2 Å². The van der Waals surface area contributed by atoms with E-state index >= 15 is 0 Å². The summed E-state index contributed by atoms with van der Waals surface area (Å²) in [5.74, 6) is 0. The molecule has 0 spiro atoms. The molecule has 112 valence electrons. The molecule has 4 nitrogen and oxygen atoms in total. The van der Waals surface area contributed by atoms with Crippen LogP contribution in [0.25, 0.3) is 0 Å². The van der Waals surface area contributed by atoms with Crippen molar-refractivity contribution in [2.75, 3.05) is 11.9 Å². The molecule has 2 amide bonds. The minimum atomic E-state index is -4.39. The fraction of sp³-hybridized carbons (Fsp3) is 0.462. The van der Waals surface area contributed by atoms with E-state index in [0.717, 1.165) is 12.1 Å². The summed E-state index contributed by atoms with van der Waals surface area (Å²) in [6, 6.07) is 3.65. The highest BCUT2D eigenvalue weighted by atomic mass is 19.4. The van der Waals surface area contributed by atoms with Gasteiger partial charge in [-0.05, 0) is 37.1 Å². The zero-order valence-corrected chi connectivity index (χ0v) is 11.0. The summed E-state index contributed by atoms with van der Waals surface area (Å²) in [5, 5.41) is 14.2. The standard InChI is InChI=1S/C13H17F3N2O2/c1-2-11(19)7-8-17-12(20)18-10-5-3-9(4-6-10)13(14,15)16/h3-6,11,19H,2,7-8H2,1H3,(H2,17,18,20). The van der Waals surface area contributed by atoms with Gasteiger partial charge in [-0.15, -0.1) is 0 Å². The summed E-state index contributed by atoms with van der Waals surface area (Å²) < 4.78 is 37.0. The number of halogens is 3. The lowest BCUT2D eigenvalue weighted by Crippen LogP contribution is -2.31.